The van der Waals surface area contributed by atoms with Crippen LogP contribution in [0.5, 0.6) is 5.75 Å². The first-order valence-corrected chi connectivity index (χ1v) is 10.5. The van der Waals surface area contributed by atoms with Gasteiger partial charge in [-0.25, -0.2) is 0 Å². The van der Waals surface area contributed by atoms with Gasteiger partial charge in [-0.05, 0) is 37.3 Å². The Balaban J connectivity index is 1.52. The van der Waals surface area contributed by atoms with Crippen molar-refractivity contribution >= 4 is 10.2 Å². The lowest BCUT2D eigenvalue weighted by atomic mass is 9.95. The van der Waals surface area contributed by atoms with Crippen molar-refractivity contribution in [1.82, 2.24) is 13.5 Å². The van der Waals surface area contributed by atoms with Crippen LogP contribution >= 0.6 is 0 Å². The Kier molecular flexibility index (Phi) is 5.99. The molecule has 2 atom stereocenters. The third kappa shape index (κ3) is 4.53. The summed E-state index contributed by atoms with van der Waals surface area (Å²) in [6.07, 6.45) is 3.17. The van der Waals surface area contributed by atoms with Crippen LogP contribution in [0.15, 0.2) is 30.3 Å². The second-order valence-electron chi connectivity index (χ2n) is 7.21. The van der Waals surface area contributed by atoms with Gasteiger partial charge in [0.05, 0.1) is 6.61 Å². The van der Waals surface area contributed by atoms with Gasteiger partial charge in [0.2, 0.25) is 0 Å². The van der Waals surface area contributed by atoms with Gasteiger partial charge in [-0.3, -0.25) is 4.90 Å². The number of rotatable bonds is 7. The summed E-state index contributed by atoms with van der Waals surface area (Å²) in [5.41, 5.74) is 0. The van der Waals surface area contributed by atoms with E-state index in [0.29, 0.717) is 31.7 Å². The fraction of sp³-hybridized carbons (Fsp3) is 0.667. The van der Waals surface area contributed by atoms with Crippen molar-refractivity contribution in [2.75, 3.05) is 46.9 Å². The van der Waals surface area contributed by atoms with Crippen LogP contribution in [0.4, 0.5) is 0 Å². The molecule has 0 aromatic heterocycles. The number of hydrogen-bond acceptors (Lipinski definition) is 4. The zero-order chi connectivity index (χ0) is 17.9. The van der Waals surface area contributed by atoms with Gasteiger partial charge in [0, 0.05) is 46.3 Å². The van der Waals surface area contributed by atoms with Gasteiger partial charge in [0.15, 0.2) is 0 Å². The Labute approximate surface area is 151 Å². The Morgan fingerprint density at radius 3 is 2.60 bits per heavy atom. The maximum atomic E-state index is 12.5. The van der Waals surface area contributed by atoms with Crippen LogP contribution in [-0.4, -0.2) is 74.9 Å². The Morgan fingerprint density at radius 2 is 1.88 bits per heavy atom. The van der Waals surface area contributed by atoms with Crippen LogP contribution in [0.3, 0.4) is 0 Å². The topological polar surface area (TPSA) is 53.1 Å². The molecule has 0 aliphatic carbocycles. The molecule has 0 N–H and O–H groups in total. The number of piperidine rings is 1. The van der Waals surface area contributed by atoms with E-state index in [1.807, 2.05) is 30.3 Å². The van der Waals surface area contributed by atoms with E-state index in [2.05, 4.69) is 4.90 Å². The summed E-state index contributed by atoms with van der Waals surface area (Å²) in [4.78, 5) is 2.47. The SMILES string of the molecule is CN(C)S(=O)(=O)N1C[C@@H]2CC[C@H](C1)N(CCCOc1ccccc1)C2. The van der Waals surface area contributed by atoms with E-state index in [1.54, 1.807) is 18.4 Å². The molecular formula is C18H29N3O3S. The fourth-order valence-electron chi connectivity index (χ4n) is 3.80. The zero-order valence-corrected chi connectivity index (χ0v) is 16.0. The van der Waals surface area contributed by atoms with Crippen molar-refractivity contribution in [3.05, 3.63) is 30.3 Å². The van der Waals surface area contributed by atoms with Gasteiger partial charge in [0.1, 0.15) is 5.75 Å². The minimum Gasteiger partial charge on any atom is -0.494 e. The second kappa shape index (κ2) is 8.03. The monoisotopic (exact) mass is 367 g/mol. The van der Waals surface area contributed by atoms with Crippen LogP contribution in [0, 0.1) is 5.92 Å². The van der Waals surface area contributed by atoms with Crippen LogP contribution in [-0.2, 0) is 10.2 Å². The largest absolute Gasteiger partial charge is 0.494 e. The van der Waals surface area contributed by atoms with E-state index < -0.39 is 10.2 Å². The molecule has 0 radical (unpaired) electrons. The first-order chi connectivity index (χ1) is 12.0. The molecule has 6 nitrogen and oxygen atoms in total. The Bertz CT molecular complexity index is 651. The van der Waals surface area contributed by atoms with E-state index in [0.717, 1.165) is 38.1 Å². The molecule has 1 aromatic rings. The molecule has 3 fully saturated rings. The smallest absolute Gasteiger partial charge is 0.281 e. The third-order valence-electron chi connectivity index (χ3n) is 5.18. The van der Waals surface area contributed by atoms with E-state index >= 15 is 0 Å². The molecule has 4 rings (SSSR count). The highest BCUT2D eigenvalue weighted by atomic mass is 32.2. The van der Waals surface area contributed by atoms with Crippen LogP contribution in [0.25, 0.3) is 0 Å². The summed E-state index contributed by atoms with van der Waals surface area (Å²) in [7, 11) is -0.0946. The Hall–Kier alpha value is -1.15. The van der Waals surface area contributed by atoms with Crippen LogP contribution < -0.4 is 4.74 Å². The van der Waals surface area contributed by atoms with E-state index in [-0.39, 0.29) is 0 Å². The fourth-order valence-corrected chi connectivity index (χ4v) is 5.03. The van der Waals surface area contributed by atoms with Gasteiger partial charge in [-0.1, -0.05) is 18.2 Å². The van der Waals surface area contributed by atoms with E-state index in [4.69, 9.17) is 4.74 Å². The highest BCUT2D eigenvalue weighted by molar-refractivity contribution is 7.86. The summed E-state index contributed by atoms with van der Waals surface area (Å²) in [6.45, 7) is 3.90. The molecule has 140 valence electrons. The molecule has 3 aliphatic heterocycles. The first kappa shape index (κ1) is 18.6. The summed E-state index contributed by atoms with van der Waals surface area (Å²) in [6, 6.07) is 10.2. The van der Waals surface area contributed by atoms with Gasteiger partial charge in [0.25, 0.3) is 10.2 Å². The van der Waals surface area contributed by atoms with Crippen molar-refractivity contribution in [2.24, 2.45) is 5.92 Å². The molecule has 3 heterocycles. The number of hydrogen-bond donors (Lipinski definition) is 0. The van der Waals surface area contributed by atoms with Crippen molar-refractivity contribution in [2.45, 2.75) is 25.3 Å². The number of benzene rings is 1. The minimum atomic E-state index is -3.32. The number of nitrogens with zero attached hydrogens (tertiary/aromatic N) is 3. The highest BCUT2D eigenvalue weighted by Gasteiger charge is 2.39. The lowest BCUT2D eigenvalue weighted by Gasteiger charge is -2.36. The Morgan fingerprint density at radius 1 is 1.12 bits per heavy atom. The first-order valence-electron chi connectivity index (χ1n) is 9.06. The lowest BCUT2D eigenvalue weighted by molar-refractivity contribution is 0.124. The number of para-hydroxylation sites is 1. The molecule has 2 bridgehead atoms. The molecular weight excluding hydrogens is 338 g/mol. The average Bonchev–Trinajstić information content (AvgIpc) is 2.92. The summed E-state index contributed by atoms with van der Waals surface area (Å²) < 4.78 is 33.8. The molecule has 25 heavy (non-hydrogen) atoms. The van der Waals surface area contributed by atoms with E-state index in [1.165, 1.54) is 4.31 Å². The van der Waals surface area contributed by atoms with Crippen LogP contribution in [0.2, 0.25) is 0 Å². The number of ether oxygens (including phenoxy) is 1. The van der Waals surface area contributed by atoms with Crippen molar-refractivity contribution in [1.29, 1.82) is 0 Å². The molecule has 0 amide bonds. The van der Waals surface area contributed by atoms with Crippen molar-refractivity contribution in [3.63, 3.8) is 0 Å². The minimum absolute atomic E-state index is 0.324. The van der Waals surface area contributed by atoms with E-state index in [9.17, 15) is 8.42 Å². The maximum Gasteiger partial charge on any atom is 0.281 e. The maximum absolute atomic E-state index is 12.5. The molecule has 7 heteroatoms. The number of fused-ring (bicyclic) bond motifs is 4. The molecule has 3 saturated heterocycles. The predicted molar refractivity (Wildman–Crippen MR) is 98.8 cm³/mol. The summed E-state index contributed by atoms with van der Waals surface area (Å²) in [5.74, 6) is 1.34. The predicted octanol–water partition coefficient (Wildman–Crippen LogP) is 1.66. The molecule has 0 saturated carbocycles. The van der Waals surface area contributed by atoms with Gasteiger partial charge >= 0.3 is 0 Å². The van der Waals surface area contributed by atoms with Crippen LogP contribution in [0.1, 0.15) is 19.3 Å². The molecule has 1 aromatic carbocycles. The standard InChI is InChI=1S/C18H29N3O3S/c1-19(2)25(22,23)21-14-16-9-10-17(15-21)20(13-16)11-6-12-24-18-7-4-3-5-8-18/h3-5,7-8,16-17H,6,9-15H2,1-2H3/t16-,17-/m1/s1. The summed E-state index contributed by atoms with van der Waals surface area (Å²) in [5, 5.41) is 0. The van der Waals surface area contributed by atoms with Crippen molar-refractivity contribution < 1.29 is 13.2 Å². The lowest BCUT2D eigenvalue weighted by Crippen LogP contribution is -2.46. The molecule has 3 aliphatic rings. The van der Waals surface area contributed by atoms with Gasteiger partial charge < -0.3 is 4.74 Å². The zero-order valence-electron chi connectivity index (χ0n) is 15.2. The third-order valence-corrected chi connectivity index (χ3v) is 7.06. The average molecular weight is 368 g/mol. The second-order valence-corrected chi connectivity index (χ2v) is 9.36. The van der Waals surface area contributed by atoms with Gasteiger partial charge in [-0.2, -0.15) is 17.0 Å². The van der Waals surface area contributed by atoms with Crippen molar-refractivity contribution in [3.8, 4) is 5.75 Å². The summed E-state index contributed by atoms with van der Waals surface area (Å²) >= 11 is 0. The molecule has 0 spiro atoms. The quantitative estimate of drug-likeness (QED) is 0.688. The normalized spacial score (nSPS) is 25.2. The van der Waals surface area contributed by atoms with Gasteiger partial charge in [-0.15, -0.1) is 0 Å². The highest BCUT2D eigenvalue weighted by Crippen LogP contribution is 2.29. The molecule has 0 unspecified atom stereocenters.